The molecule has 0 aliphatic heterocycles. The lowest BCUT2D eigenvalue weighted by atomic mass is 10.0. The number of hydrogen-bond donors (Lipinski definition) is 1. The Kier molecular flexibility index (Phi) is 5.71. The summed E-state index contributed by atoms with van der Waals surface area (Å²) in [5.74, 6) is 0.542. The average Bonchev–Trinajstić information content (AvgIpc) is 2.66. The molecular weight excluding hydrogens is 412 g/mol. The molecule has 0 radical (unpaired) electrons. The number of nitrogens with one attached hydrogen (secondary N) is 1. The number of benzene rings is 3. The number of amides is 1. The summed E-state index contributed by atoms with van der Waals surface area (Å²) in [7, 11) is 1.60. The van der Waals surface area contributed by atoms with Crippen LogP contribution in [0.3, 0.4) is 0 Å². The van der Waals surface area contributed by atoms with Crippen LogP contribution >= 0.6 is 15.9 Å². The number of non-ortho nitro benzene ring substituents is 1. The fourth-order valence-corrected chi connectivity index (χ4v) is 3.27. The van der Waals surface area contributed by atoms with Crippen molar-refractivity contribution in [2.75, 3.05) is 7.11 Å². The molecule has 0 aromatic heterocycles. The molecule has 3 rings (SSSR count). The number of halogens is 1. The van der Waals surface area contributed by atoms with Gasteiger partial charge in [-0.2, -0.15) is 0 Å². The van der Waals surface area contributed by atoms with Crippen LogP contribution in [0.5, 0.6) is 5.75 Å². The van der Waals surface area contributed by atoms with Gasteiger partial charge in [-0.1, -0.05) is 40.2 Å². The molecule has 138 valence electrons. The first-order chi connectivity index (χ1) is 13.0. The van der Waals surface area contributed by atoms with Crippen LogP contribution in [-0.2, 0) is 17.8 Å². The number of nitro benzene ring substituents is 1. The van der Waals surface area contributed by atoms with Crippen molar-refractivity contribution in [2.45, 2.75) is 13.0 Å². The minimum absolute atomic E-state index is 0.00538. The molecule has 0 atom stereocenters. The number of nitro groups is 1. The first kappa shape index (κ1) is 18.8. The first-order valence-electron chi connectivity index (χ1n) is 8.23. The van der Waals surface area contributed by atoms with Gasteiger partial charge in [0.05, 0.1) is 18.5 Å². The molecule has 3 aromatic rings. The molecule has 7 heteroatoms. The van der Waals surface area contributed by atoms with Crippen molar-refractivity contribution in [1.82, 2.24) is 5.32 Å². The average molecular weight is 429 g/mol. The van der Waals surface area contributed by atoms with Crippen LogP contribution in [0.4, 0.5) is 5.69 Å². The number of fused-ring (bicyclic) bond motifs is 1. The maximum atomic E-state index is 12.3. The predicted octanol–water partition coefficient (Wildman–Crippen LogP) is 4.38. The third kappa shape index (κ3) is 4.43. The van der Waals surface area contributed by atoms with E-state index in [0.717, 1.165) is 20.8 Å². The fraction of sp³-hybridized carbons (Fsp3) is 0.150. The van der Waals surface area contributed by atoms with Gasteiger partial charge in [0.2, 0.25) is 5.91 Å². The molecule has 0 saturated heterocycles. The number of ether oxygens (including phenoxy) is 1. The summed E-state index contributed by atoms with van der Waals surface area (Å²) in [4.78, 5) is 22.5. The Morgan fingerprint density at radius 3 is 2.56 bits per heavy atom. The molecule has 27 heavy (non-hydrogen) atoms. The molecule has 1 N–H and O–H groups in total. The Labute approximate surface area is 164 Å². The van der Waals surface area contributed by atoms with Crippen molar-refractivity contribution in [3.63, 3.8) is 0 Å². The van der Waals surface area contributed by atoms with E-state index in [-0.39, 0.29) is 18.0 Å². The van der Waals surface area contributed by atoms with Crippen LogP contribution in [0.2, 0.25) is 0 Å². The number of hydrogen-bond acceptors (Lipinski definition) is 4. The standard InChI is InChI=1S/C20H17BrN2O4/c1-27-19-9-4-14-11-15(21)5-8-17(14)18(19)12-22-20(24)10-13-2-6-16(7-3-13)23(25)26/h2-9,11H,10,12H2,1H3,(H,22,24). The summed E-state index contributed by atoms with van der Waals surface area (Å²) >= 11 is 3.46. The van der Waals surface area contributed by atoms with Crippen LogP contribution in [0, 0.1) is 10.1 Å². The van der Waals surface area contributed by atoms with E-state index in [1.807, 2.05) is 30.3 Å². The Balaban J connectivity index is 1.74. The van der Waals surface area contributed by atoms with Crippen molar-refractivity contribution >= 4 is 38.3 Å². The monoisotopic (exact) mass is 428 g/mol. The van der Waals surface area contributed by atoms with Crippen LogP contribution in [0.15, 0.2) is 59.1 Å². The van der Waals surface area contributed by atoms with Crippen LogP contribution in [-0.4, -0.2) is 17.9 Å². The van der Waals surface area contributed by atoms with Crippen molar-refractivity contribution in [1.29, 1.82) is 0 Å². The highest BCUT2D eigenvalue weighted by atomic mass is 79.9. The minimum Gasteiger partial charge on any atom is -0.496 e. The SMILES string of the molecule is COc1ccc2cc(Br)ccc2c1CNC(=O)Cc1ccc([N+](=O)[O-])cc1. The highest BCUT2D eigenvalue weighted by Crippen LogP contribution is 2.30. The topological polar surface area (TPSA) is 81.5 Å². The van der Waals surface area contributed by atoms with E-state index in [1.165, 1.54) is 12.1 Å². The molecular formula is C20H17BrN2O4. The summed E-state index contributed by atoms with van der Waals surface area (Å²) in [6.07, 6.45) is 0.149. The number of methoxy groups -OCH3 is 1. The molecule has 0 aliphatic carbocycles. The molecule has 0 unspecified atom stereocenters. The maximum Gasteiger partial charge on any atom is 0.269 e. The zero-order valence-corrected chi connectivity index (χ0v) is 16.2. The largest absolute Gasteiger partial charge is 0.496 e. The zero-order valence-electron chi connectivity index (χ0n) is 14.6. The molecule has 3 aromatic carbocycles. The number of carbonyl (C=O) groups excluding carboxylic acids is 1. The third-order valence-corrected chi connectivity index (χ3v) is 4.74. The van der Waals surface area contributed by atoms with E-state index < -0.39 is 4.92 Å². The lowest BCUT2D eigenvalue weighted by Crippen LogP contribution is -2.24. The number of nitrogens with zero attached hydrogens (tertiary/aromatic N) is 1. The van der Waals surface area contributed by atoms with Gasteiger partial charge in [0.1, 0.15) is 5.75 Å². The zero-order chi connectivity index (χ0) is 19.4. The quantitative estimate of drug-likeness (QED) is 0.466. The highest BCUT2D eigenvalue weighted by molar-refractivity contribution is 9.10. The Hall–Kier alpha value is -2.93. The predicted molar refractivity (Wildman–Crippen MR) is 107 cm³/mol. The van der Waals surface area contributed by atoms with E-state index >= 15 is 0 Å². The van der Waals surface area contributed by atoms with Gasteiger partial charge in [0, 0.05) is 28.7 Å². The van der Waals surface area contributed by atoms with E-state index in [2.05, 4.69) is 21.2 Å². The Morgan fingerprint density at radius 2 is 1.89 bits per heavy atom. The lowest BCUT2D eigenvalue weighted by molar-refractivity contribution is -0.384. The molecule has 1 amide bonds. The molecule has 0 bridgehead atoms. The molecule has 0 saturated carbocycles. The van der Waals surface area contributed by atoms with Crippen molar-refractivity contribution in [2.24, 2.45) is 0 Å². The Bertz CT molecular complexity index is 1000. The molecule has 0 aliphatic rings. The van der Waals surface area contributed by atoms with Gasteiger partial charge in [-0.25, -0.2) is 0 Å². The van der Waals surface area contributed by atoms with Crippen LogP contribution in [0.1, 0.15) is 11.1 Å². The van der Waals surface area contributed by atoms with Crippen LogP contribution < -0.4 is 10.1 Å². The van der Waals surface area contributed by atoms with Gasteiger partial charge < -0.3 is 10.1 Å². The lowest BCUT2D eigenvalue weighted by Gasteiger charge is -2.13. The van der Waals surface area contributed by atoms with Gasteiger partial charge in [-0.3, -0.25) is 14.9 Å². The second-order valence-corrected chi connectivity index (χ2v) is 6.90. The van der Waals surface area contributed by atoms with Gasteiger partial charge in [-0.05, 0) is 34.5 Å². The Morgan fingerprint density at radius 1 is 1.15 bits per heavy atom. The summed E-state index contributed by atoms with van der Waals surface area (Å²) in [6.45, 7) is 0.327. The summed E-state index contributed by atoms with van der Waals surface area (Å²) in [5.41, 5.74) is 1.62. The maximum absolute atomic E-state index is 12.3. The second-order valence-electron chi connectivity index (χ2n) is 5.99. The van der Waals surface area contributed by atoms with E-state index in [9.17, 15) is 14.9 Å². The van der Waals surface area contributed by atoms with Crippen LogP contribution in [0.25, 0.3) is 10.8 Å². The summed E-state index contributed by atoms with van der Waals surface area (Å²) < 4.78 is 6.42. The highest BCUT2D eigenvalue weighted by Gasteiger charge is 2.12. The second kappa shape index (κ2) is 8.18. The van der Waals surface area contributed by atoms with Gasteiger partial charge in [-0.15, -0.1) is 0 Å². The number of carbonyl (C=O) groups is 1. The smallest absolute Gasteiger partial charge is 0.269 e. The molecule has 0 spiro atoms. The summed E-state index contributed by atoms with van der Waals surface area (Å²) in [6, 6.07) is 15.8. The normalized spacial score (nSPS) is 10.6. The van der Waals surface area contributed by atoms with Crippen molar-refractivity contribution < 1.29 is 14.5 Å². The fourth-order valence-electron chi connectivity index (χ4n) is 2.89. The van der Waals surface area contributed by atoms with Gasteiger partial charge in [0.25, 0.3) is 5.69 Å². The molecule has 0 fully saturated rings. The van der Waals surface area contributed by atoms with Crippen molar-refractivity contribution in [3.05, 3.63) is 80.3 Å². The summed E-state index contributed by atoms with van der Waals surface area (Å²) in [5, 5.41) is 15.6. The van der Waals surface area contributed by atoms with E-state index in [1.54, 1.807) is 19.2 Å². The minimum atomic E-state index is -0.463. The van der Waals surface area contributed by atoms with E-state index in [4.69, 9.17) is 4.74 Å². The molecule has 6 nitrogen and oxygen atoms in total. The third-order valence-electron chi connectivity index (χ3n) is 4.24. The number of rotatable bonds is 6. The first-order valence-corrected chi connectivity index (χ1v) is 9.02. The van der Waals surface area contributed by atoms with Gasteiger partial charge in [0.15, 0.2) is 0 Å². The van der Waals surface area contributed by atoms with Crippen molar-refractivity contribution in [3.8, 4) is 5.75 Å². The van der Waals surface area contributed by atoms with Gasteiger partial charge >= 0.3 is 0 Å². The van der Waals surface area contributed by atoms with E-state index in [0.29, 0.717) is 17.9 Å². The molecule has 0 heterocycles.